The van der Waals surface area contributed by atoms with Crippen molar-refractivity contribution in [2.45, 2.75) is 55.5 Å². The molecule has 43 heavy (non-hydrogen) atoms. The molecular formula is C27H31ClO15. The first-order valence-electron chi connectivity index (χ1n) is 12.9. The molecule has 0 radical (unpaired) electrons. The minimum absolute atomic E-state index is 0. The number of aromatic hydroxyl groups is 2. The van der Waals surface area contributed by atoms with Gasteiger partial charge in [-0.3, -0.25) is 0 Å². The monoisotopic (exact) mass is 630 g/mol. The third-order valence-electron chi connectivity index (χ3n) is 7.18. The lowest BCUT2D eigenvalue weighted by Crippen LogP contribution is -3.00. The first-order valence-corrected chi connectivity index (χ1v) is 12.9. The number of benzene rings is 2. The first kappa shape index (κ1) is 32.8. The van der Waals surface area contributed by atoms with Crippen molar-refractivity contribution < 1.29 is 86.8 Å². The molecule has 5 rings (SSSR count). The second-order valence-corrected chi connectivity index (χ2v) is 10.00. The summed E-state index contributed by atoms with van der Waals surface area (Å²) in [7, 11) is 0. The standard InChI is InChI=1S/C27H30O15.ClH/c28-8-14-19(32)22(35)25(37)42-26(14)39-16-6-12(31)5-15-13(16)7-17(24(38-15)10-1-3-11(30)4-2-10)40-27-23(36)21(34)20(33)18(9-29)41-27;/h1-7,14,18-23,25-29,32-37H,8-9H2,(H-,30,31);1H. The average Bonchev–Trinajstić information content (AvgIpc) is 2.96. The number of hydrogen-bond acceptors (Lipinski definition) is 14. The third-order valence-corrected chi connectivity index (χ3v) is 7.18. The van der Waals surface area contributed by atoms with Gasteiger partial charge in [0.2, 0.25) is 18.3 Å². The van der Waals surface area contributed by atoms with Gasteiger partial charge in [-0.25, -0.2) is 4.42 Å². The Morgan fingerprint density at radius 3 is 2.00 bits per heavy atom. The van der Waals surface area contributed by atoms with Crippen LogP contribution in [0.25, 0.3) is 22.3 Å². The van der Waals surface area contributed by atoms with Crippen LogP contribution in [0.5, 0.6) is 23.0 Å². The molecule has 0 spiro atoms. The minimum atomic E-state index is -1.85. The topological polar surface area (TPSA) is 251 Å². The van der Waals surface area contributed by atoms with Crippen molar-refractivity contribution in [3.8, 4) is 34.3 Å². The Kier molecular flexibility index (Phi) is 10.2. The van der Waals surface area contributed by atoms with Gasteiger partial charge in [0.1, 0.15) is 53.2 Å². The molecule has 3 aromatic rings. The zero-order valence-electron chi connectivity index (χ0n) is 22.1. The summed E-state index contributed by atoms with van der Waals surface area (Å²) in [5, 5.41) is 101. The van der Waals surface area contributed by atoms with E-state index < -0.39 is 74.6 Å². The Bertz CT molecular complexity index is 1390. The van der Waals surface area contributed by atoms with E-state index in [1.54, 1.807) is 0 Å². The molecule has 3 heterocycles. The highest BCUT2D eigenvalue weighted by Crippen LogP contribution is 2.42. The van der Waals surface area contributed by atoms with Gasteiger partial charge in [0, 0.05) is 12.1 Å². The zero-order valence-corrected chi connectivity index (χ0v) is 22.9. The molecule has 1 aromatic heterocycles. The van der Waals surface area contributed by atoms with Gasteiger partial charge in [-0.2, -0.15) is 0 Å². The smallest absolute Gasteiger partial charge is 0.402 e. The van der Waals surface area contributed by atoms with E-state index in [9.17, 15) is 51.1 Å². The fourth-order valence-corrected chi connectivity index (χ4v) is 4.80. The Labute approximate surface area is 249 Å². The van der Waals surface area contributed by atoms with Gasteiger partial charge in [0.15, 0.2) is 6.29 Å². The molecular weight excluding hydrogens is 600 g/mol. The third kappa shape index (κ3) is 6.43. The molecule has 236 valence electrons. The van der Waals surface area contributed by atoms with Gasteiger partial charge >= 0.3 is 11.3 Å². The number of phenolic OH excluding ortho intramolecular Hbond substituents is 2. The van der Waals surface area contributed by atoms with E-state index in [0.29, 0.717) is 5.56 Å². The number of aliphatic hydroxyl groups excluding tert-OH is 8. The molecule has 0 bridgehead atoms. The SMILES string of the molecule is OCC1OC(Oc2cc3c(OC4OC(O)C(O)C(O)C4CO)cc(O)cc3[o+]c2-c2ccc(O)cc2)C(O)C(O)C1O.[Cl-]. The van der Waals surface area contributed by atoms with Crippen LogP contribution in [0.2, 0.25) is 0 Å². The second-order valence-electron chi connectivity index (χ2n) is 10.00. The van der Waals surface area contributed by atoms with E-state index in [-0.39, 0.29) is 52.1 Å². The van der Waals surface area contributed by atoms with Crippen LogP contribution >= 0.6 is 0 Å². The van der Waals surface area contributed by atoms with Crippen LogP contribution in [0.4, 0.5) is 0 Å². The molecule has 0 saturated carbocycles. The normalized spacial score (nSPS) is 32.7. The maximum Gasteiger partial charge on any atom is 0.402 e. The number of hydrogen-bond donors (Lipinski definition) is 10. The highest BCUT2D eigenvalue weighted by atomic mass is 35.5. The summed E-state index contributed by atoms with van der Waals surface area (Å²) in [5.41, 5.74) is 0.378. The van der Waals surface area contributed by atoms with Crippen LogP contribution in [0.15, 0.2) is 46.9 Å². The Hall–Kier alpha value is -3.06. The summed E-state index contributed by atoms with van der Waals surface area (Å²) in [5.74, 6) is -1.84. The molecule has 2 aliphatic rings. The summed E-state index contributed by atoms with van der Waals surface area (Å²) >= 11 is 0. The lowest BCUT2D eigenvalue weighted by atomic mass is 9.94. The van der Waals surface area contributed by atoms with Gasteiger partial charge in [0.05, 0.1) is 36.9 Å². The lowest BCUT2D eigenvalue weighted by Gasteiger charge is -2.39. The lowest BCUT2D eigenvalue weighted by molar-refractivity contribution is -0.312. The molecule has 2 aromatic carbocycles. The molecule has 10 unspecified atom stereocenters. The van der Waals surface area contributed by atoms with Crippen LogP contribution in [-0.4, -0.2) is 120 Å². The van der Waals surface area contributed by atoms with Crippen molar-refractivity contribution in [2.75, 3.05) is 13.2 Å². The number of ether oxygens (including phenoxy) is 4. The summed E-state index contributed by atoms with van der Waals surface area (Å²) < 4.78 is 28.5. The molecule has 0 amide bonds. The van der Waals surface area contributed by atoms with Crippen molar-refractivity contribution >= 4 is 11.0 Å². The zero-order chi connectivity index (χ0) is 30.3. The summed E-state index contributed by atoms with van der Waals surface area (Å²) in [6.07, 6.45) is -14.7. The maximum absolute atomic E-state index is 10.6. The highest BCUT2D eigenvalue weighted by Gasteiger charge is 2.47. The number of phenols is 2. The molecule has 16 heteroatoms. The predicted octanol–water partition coefficient (Wildman–Crippen LogP) is -4.64. The van der Waals surface area contributed by atoms with Crippen LogP contribution in [0.1, 0.15) is 0 Å². The van der Waals surface area contributed by atoms with E-state index in [1.807, 2.05) is 0 Å². The maximum atomic E-state index is 10.6. The predicted molar refractivity (Wildman–Crippen MR) is 138 cm³/mol. The van der Waals surface area contributed by atoms with Crippen molar-refractivity contribution in [3.63, 3.8) is 0 Å². The van der Waals surface area contributed by atoms with E-state index in [0.717, 1.165) is 6.07 Å². The van der Waals surface area contributed by atoms with Crippen LogP contribution in [-0.2, 0) is 9.47 Å². The molecule has 2 saturated heterocycles. The van der Waals surface area contributed by atoms with Crippen molar-refractivity contribution in [1.29, 1.82) is 0 Å². The van der Waals surface area contributed by atoms with Crippen molar-refractivity contribution in [3.05, 3.63) is 42.5 Å². The number of rotatable bonds is 7. The van der Waals surface area contributed by atoms with Crippen LogP contribution < -0.4 is 21.9 Å². The van der Waals surface area contributed by atoms with Crippen molar-refractivity contribution in [2.24, 2.45) is 5.92 Å². The Morgan fingerprint density at radius 2 is 1.35 bits per heavy atom. The largest absolute Gasteiger partial charge is 1.00 e. The fraction of sp³-hybridized carbons (Fsp3) is 0.444. The Morgan fingerprint density at radius 1 is 0.674 bits per heavy atom. The fourth-order valence-electron chi connectivity index (χ4n) is 4.80. The molecule has 2 aliphatic heterocycles. The van der Waals surface area contributed by atoms with E-state index in [1.165, 1.54) is 36.4 Å². The summed E-state index contributed by atoms with van der Waals surface area (Å²) in [6, 6.07) is 9.44. The Balaban J connectivity index is 0.00000423. The number of halogens is 1. The molecule has 15 nitrogen and oxygen atoms in total. The second kappa shape index (κ2) is 13.3. The molecule has 0 aliphatic carbocycles. The van der Waals surface area contributed by atoms with Gasteiger partial charge in [-0.15, -0.1) is 0 Å². The van der Waals surface area contributed by atoms with E-state index in [4.69, 9.17) is 23.4 Å². The summed E-state index contributed by atoms with van der Waals surface area (Å²) in [4.78, 5) is 0. The van der Waals surface area contributed by atoms with Crippen LogP contribution in [0.3, 0.4) is 0 Å². The van der Waals surface area contributed by atoms with Crippen molar-refractivity contribution in [1.82, 2.24) is 0 Å². The van der Waals surface area contributed by atoms with Gasteiger partial charge in [-0.1, -0.05) is 0 Å². The van der Waals surface area contributed by atoms with Crippen LogP contribution in [0, 0.1) is 5.92 Å². The average molecular weight is 631 g/mol. The number of aliphatic hydroxyl groups is 8. The molecule has 10 N–H and O–H groups in total. The summed E-state index contributed by atoms with van der Waals surface area (Å²) in [6.45, 7) is -1.40. The molecule has 2 fully saturated rings. The first-order chi connectivity index (χ1) is 20.0. The van der Waals surface area contributed by atoms with Gasteiger partial charge in [-0.05, 0) is 24.3 Å². The van der Waals surface area contributed by atoms with Gasteiger partial charge in [0.25, 0.3) is 0 Å². The minimum Gasteiger partial charge on any atom is -1.00 e. The van der Waals surface area contributed by atoms with E-state index in [2.05, 4.69) is 0 Å². The number of fused-ring (bicyclic) bond motifs is 1. The van der Waals surface area contributed by atoms with Gasteiger partial charge < -0.3 is 82.4 Å². The highest BCUT2D eigenvalue weighted by molar-refractivity contribution is 5.88. The van der Waals surface area contributed by atoms with E-state index >= 15 is 0 Å². The molecule has 10 atom stereocenters. The quantitative estimate of drug-likeness (QED) is 0.110.